The van der Waals surface area contributed by atoms with Crippen molar-refractivity contribution in [2.24, 2.45) is 0 Å². The van der Waals surface area contributed by atoms with Gasteiger partial charge in [-0.05, 0) is 10.4 Å². The minimum absolute atomic E-state index is 0.326. The molecule has 0 atom stereocenters. The number of nitrogens with zero attached hydrogens (tertiary/aromatic N) is 3. The summed E-state index contributed by atoms with van der Waals surface area (Å²) in [6.45, 7) is 0.326. The molecule has 0 saturated carbocycles. The van der Waals surface area contributed by atoms with E-state index in [-0.39, 0.29) is 0 Å². The molecule has 1 rings (SSSR count). The molecule has 43 valence electrons. The highest BCUT2D eigenvalue weighted by Gasteiger charge is 1.90. The fourth-order valence-electron chi connectivity index (χ4n) is 0.337. The molecular formula is C3H5N4O. The van der Waals surface area contributed by atoms with Gasteiger partial charge in [-0.15, -0.1) is 5.10 Å². The third kappa shape index (κ3) is 1.00. The van der Waals surface area contributed by atoms with Gasteiger partial charge in [0.25, 0.3) is 0 Å². The van der Waals surface area contributed by atoms with Crippen LogP contribution in [0.1, 0.15) is 5.82 Å². The van der Waals surface area contributed by atoms with E-state index in [0.717, 1.165) is 0 Å². The van der Waals surface area contributed by atoms with Crippen molar-refractivity contribution in [2.75, 3.05) is 0 Å². The molecule has 1 radical (unpaired) electrons. The van der Waals surface area contributed by atoms with Gasteiger partial charge in [0.15, 0.2) is 5.82 Å². The van der Waals surface area contributed by atoms with Gasteiger partial charge in [0, 0.05) is 0 Å². The molecule has 8 heavy (non-hydrogen) atoms. The van der Waals surface area contributed by atoms with E-state index in [9.17, 15) is 0 Å². The zero-order valence-electron chi connectivity index (χ0n) is 4.16. The lowest BCUT2D eigenvalue weighted by molar-refractivity contribution is 0.220. The SMILES string of the molecule is [CH2]OCc1nnn[nH]1. The van der Waals surface area contributed by atoms with E-state index in [1.165, 1.54) is 0 Å². The predicted octanol–water partition coefficient (Wildman–Crippen LogP) is -0.492. The Morgan fingerprint density at radius 2 is 2.62 bits per heavy atom. The Balaban J connectivity index is 2.50. The van der Waals surface area contributed by atoms with Gasteiger partial charge in [-0.3, -0.25) is 0 Å². The maximum atomic E-state index is 4.46. The number of ether oxygens (including phenoxy) is 1. The monoisotopic (exact) mass is 113 g/mol. The number of nitrogens with one attached hydrogen (secondary N) is 1. The Labute approximate surface area is 46.0 Å². The first-order valence-electron chi connectivity index (χ1n) is 2.03. The maximum absolute atomic E-state index is 4.46. The van der Waals surface area contributed by atoms with Crippen molar-refractivity contribution in [3.8, 4) is 0 Å². The molecule has 0 saturated heterocycles. The quantitative estimate of drug-likeness (QED) is 0.562. The Bertz CT molecular complexity index is 137. The second-order valence-electron chi connectivity index (χ2n) is 1.20. The molecule has 0 aliphatic carbocycles. The summed E-state index contributed by atoms with van der Waals surface area (Å²) in [6.07, 6.45) is 0. The van der Waals surface area contributed by atoms with Crippen molar-refractivity contribution in [1.82, 2.24) is 20.6 Å². The summed E-state index contributed by atoms with van der Waals surface area (Å²) in [4.78, 5) is 0. The first-order chi connectivity index (χ1) is 3.93. The van der Waals surface area contributed by atoms with Crippen molar-refractivity contribution in [1.29, 1.82) is 0 Å². The Kier molecular flexibility index (Phi) is 1.53. The Morgan fingerprint density at radius 1 is 1.75 bits per heavy atom. The summed E-state index contributed by atoms with van der Waals surface area (Å²) in [7, 11) is 3.14. The molecule has 0 aromatic carbocycles. The van der Waals surface area contributed by atoms with Crippen molar-refractivity contribution >= 4 is 0 Å². The average Bonchev–Trinajstić information content (AvgIpc) is 2.19. The maximum Gasteiger partial charge on any atom is 0.174 e. The predicted molar refractivity (Wildman–Crippen MR) is 24.3 cm³/mol. The van der Waals surface area contributed by atoms with Crippen LogP contribution in [0.3, 0.4) is 0 Å². The third-order valence-electron chi connectivity index (χ3n) is 0.628. The van der Waals surface area contributed by atoms with E-state index < -0.39 is 0 Å². The van der Waals surface area contributed by atoms with E-state index in [2.05, 4.69) is 32.5 Å². The molecule has 1 aromatic heterocycles. The second kappa shape index (κ2) is 2.37. The van der Waals surface area contributed by atoms with Crippen molar-refractivity contribution in [3.63, 3.8) is 0 Å². The van der Waals surface area contributed by atoms with Crippen LogP contribution in [-0.4, -0.2) is 20.6 Å². The zero-order valence-corrected chi connectivity index (χ0v) is 4.16. The van der Waals surface area contributed by atoms with Crippen LogP contribution in [0.2, 0.25) is 0 Å². The molecular weight excluding hydrogens is 108 g/mol. The number of rotatable bonds is 2. The molecule has 1 heterocycles. The van der Waals surface area contributed by atoms with Gasteiger partial charge in [0.05, 0.1) is 7.11 Å². The lowest BCUT2D eigenvalue weighted by atomic mass is 10.7. The minimum Gasteiger partial charge on any atom is -0.371 e. The number of aromatic amines is 1. The fourth-order valence-corrected chi connectivity index (χ4v) is 0.337. The Morgan fingerprint density at radius 3 is 3.12 bits per heavy atom. The van der Waals surface area contributed by atoms with E-state index in [0.29, 0.717) is 12.4 Å². The highest BCUT2D eigenvalue weighted by Crippen LogP contribution is 1.83. The highest BCUT2D eigenvalue weighted by molar-refractivity contribution is 4.69. The fraction of sp³-hybridized carbons (Fsp3) is 0.333. The molecule has 1 N–H and O–H groups in total. The molecule has 0 bridgehead atoms. The van der Waals surface area contributed by atoms with Crippen LogP contribution in [0.5, 0.6) is 0 Å². The summed E-state index contributed by atoms with van der Waals surface area (Å²) in [6, 6.07) is 0. The summed E-state index contributed by atoms with van der Waals surface area (Å²) in [5, 5.41) is 12.6. The molecule has 5 nitrogen and oxygen atoms in total. The van der Waals surface area contributed by atoms with E-state index in [1.54, 1.807) is 0 Å². The van der Waals surface area contributed by atoms with E-state index in [1.807, 2.05) is 0 Å². The van der Waals surface area contributed by atoms with Gasteiger partial charge in [0.2, 0.25) is 0 Å². The normalized spacial score (nSPS) is 9.62. The van der Waals surface area contributed by atoms with Gasteiger partial charge >= 0.3 is 0 Å². The lowest BCUT2D eigenvalue weighted by Gasteiger charge is -1.85. The van der Waals surface area contributed by atoms with Gasteiger partial charge in [-0.2, -0.15) is 0 Å². The van der Waals surface area contributed by atoms with Crippen molar-refractivity contribution in [3.05, 3.63) is 12.9 Å². The van der Waals surface area contributed by atoms with Gasteiger partial charge in [0.1, 0.15) is 6.61 Å². The van der Waals surface area contributed by atoms with Crippen LogP contribution in [0.25, 0.3) is 0 Å². The van der Waals surface area contributed by atoms with Crippen molar-refractivity contribution in [2.45, 2.75) is 6.61 Å². The summed E-state index contributed by atoms with van der Waals surface area (Å²) >= 11 is 0. The van der Waals surface area contributed by atoms with Crippen LogP contribution in [0.15, 0.2) is 0 Å². The minimum atomic E-state index is 0.326. The van der Waals surface area contributed by atoms with Crippen molar-refractivity contribution < 1.29 is 4.74 Å². The molecule has 0 fully saturated rings. The third-order valence-corrected chi connectivity index (χ3v) is 0.628. The number of hydrogen-bond acceptors (Lipinski definition) is 4. The van der Waals surface area contributed by atoms with E-state index in [4.69, 9.17) is 0 Å². The molecule has 0 spiro atoms. The smallest absolute Gasteiger partial charge is 0.174 e. The molecule has 0 aliphatic heterocycles. The first-order valence-corrected chi connectivity index (χ1v) is 2.03. The van der Waals surface area contributed by atoms with Gasteiger partial charge in [-0.25, -0.2) is 5.10 Å². The van der Waals surface area contributed by atoms with Crippen LogP contribution >= 0.6 is 0 Å². The summed E-state index contributed by atoms with van der Waals surface area (Å²) < 4.78 is 4.46. The van der Waals surface area contributed by atoms with Gasteiger partial charge in [-0.1, -0.05) is 0 Å². The van der Waals surface area contributed by atoms with Crippen LogP contribution < -0.4 is 0 Å². The standard InChI is InChI=1S/C3H5N4O/c1-8-2-3-4-6-7-5-3/h1-2H2,(H,4,5,6,7). The zero-order chi connectivity index (χ0) is 5.82. The number of tetrazole rings is 1. The van der Waals surface area contributed by atoms with Crippen LogP contribution in [0, 0.1) is 7.11 Å². The van der Waals surface area contributed by atoms with Gasteiger partial charge < -0.3 is 4.74 Å². The molecule has 0 amide bonds. The molecule has 1 aromatic rings. The second-order valence-corrected chi connectivity index (χ2v) is 1.20. The molecule has 0 unspecified atom stereocenters. The van der Waals surface area contributed by atoms with Crippen LogP contribution in [0.4, 0.5) is 0 Å². The molecule has 5 heteroatoms. The number of aromatic nitrogens is 4. The highest BCUT2D eigenvalue weighted by atomic mass is 16.5. The summed E-state index contributed by atoms with van der Waals surface area (Å²) in [5.74, 6) is 0.583. The van der Waals surface area contributed by atoms with Crippen LogP contribution in [-0.2, 0) is 11.3 Å². The average molecular weight is 113 g/mol. The molecule has 0 aliphatic rings. The first kappa shape index (κ1) is 5.17. The number of H-pyrrole nitrogens is 1. The lowest BCUT2D eigenvalue weighted by Crippen LogP contribution is -1.87. The number of hydrogen-bond donors (Lipinski definition) is 1. The topological polar surface area (TPSA) is 63.7 Å². The Hall–Kier alpha value is -0.970. The largest absolute Gasteiger partial charge is 0.371 e. The summed E-state index contributed by atoms with van der Waals surface area (Å²) in [5.41, 5.74) is 0. The van der Waals surface area contributed by atoms with E-state index >= 15 is 0 Å².